The minimum Gasteiger partial charge on any atom is -0.464 e. The summed E-state index contributed by atoms with van der Waals surface area (Å²) in [6.45, 7) is 13.7. The van der Waals surface area contributed by atoms with Gasteiger partial charge in [-0.1, -0.05) is 64.1 Å². The lowest BCUT2D eigenvalue weighted by Gasteiger charge is -2.37. The normalized spacial score (nSPS) is 22.2. The number of nitrogens with one attached hydrogen (secondary N) is 2. The van der Waals surface area contributed by atoms with Crippen LogP contribution < -0.4 is 10.7 Å². The van der Waals surface area contributed by atoms with Crippen LogP contribution >= 0.6 is 11.3 Å². The van der Waals surface area contributed by atoms with Crippen molar-refractivity contribution in [1.82, 2.24) is 35.2 Å². The quantitative estimate of drug-likeness (QED) is 0.137. The van der Waals surface area contributed by atoms with Crippen molar-refractivity contribution in [3.05, 3.63) is 94.1 Å². The molecule has 6 atom stereocenters. The fraction of sp³-hybridized carbons (Fsp3) is 0.490. The lowest BCUT2D eigenvalue weighted by Crippen LogP contribution is -2.62. The summed E-state index contributed by atoms with van der Waals surface area (Å²) in [5.41, 5.74) is 10.4. The SMILES string of the molecule is CCn1c(-c2cccnc2[C@H](C)OC)c2c3cc(ccc31)-c1csc(n1)C[C@H](NC(=O)[C@H](C(C)C)N(C)C(=O)[C@H]1OCC[C@H]1c1ccccc1)C(=O)N1CCC[C@H](N1)C(=O)OCC(C)(C)C2. The first-order chi connectivity index (χ1) is 31.7. The number of fused-ring (bicyclic) bond motifs is 6. The number of methoxy groups -OCH3 is 1. The van der Waals surface area contributed by atoms with Gasteiger partial charge in [0.15, 0.2) is 0 Å². The maximum atomic E-state index is 14.7. The third kappa shape index (κ3) is 9.53. The van der Waals surface area contributed by atoms with Crippen molar-refractivity contribution in [3.63, 3.8) is 0 Å². The number of ether oxygens (including phenoxy) is 3. The largest absolute Gasteiger partial charge is 0.464 e. The van der Waals surface area contributed by atoms with Gasteiger partial charge in [-0.2, -0.15) is 0 Å². The van der Waals surface area contributed by atoms with E-state index < -0.39 is 47.4 Å². The fourth-order valence-electron chi connectivity index (χ4n) is 9.96. The summed E-state index contributed by atoms with van der Waals surface area (Å²) in [7, 11) is 3.32. The molecule has 0 aliphatic carbocycles. The molecule has 3 aliphatic rings. The lowest BCUT2D eigenvalue weighted by atomic mass is 9.84. The van der Waals surface area contributed by atoms with Crippen molar-refractivity contribution >= 4 is 45.9 Å². The van der Waals surface area contributed by atoms with Gasteiger partial charge in [0.2, 0.25) is 5.91 Å². The van der Waals surface area contributed by atoms with E-state index in [0.29, 0.717) is 50.4 Å². The predicted octanol–water partition coefficient (Wildman–Crippen LogP) is 7.26. The summed E-state index contributed by atoms with van der Waals surface area (Å²) < 4.78 is 20.3. The highest BCUT2D eigenvalue weighted by Crippen LogP contribution is 2.42. The molecule has 3 aromatic heterocycles. The Morgan fingerprint density at radius 3 is 2.61 bits per heavy atom. The molecule has 2 fully saturated rings. The highest BCUT2D eigenvalue weighted by Gasteiger charge is 2.42. The second-order valence-electron chi connectivity index (χ2n) is 19.0. The highest BCUT2D eigenvalue weighted by atomic mass is 32.1. The minimum atomic E-state index is -1.07. The number of esters is 1. The van der Waals surface area contributed by atoms with Gasteiger partial charge < -0.3 is 29.0 Å². The first kappa shape index (κ1) is 47.0. The lowest BCUT2D eigenvalue weighted by molar-refractivity contribution is -0.155. The number of aryl methyl sites for hydroxylation is 1. The number of benzene rings is 2. The second-order valence-corrected chi connectivity index (χ2v) is 19.9. The van der Waals surface area contributed by atoms with Gasteiger partial charge in [-0.25, -0.2) is 10.4 Å². The van der Waals surface area contributed by atoms with Crippen molar-refractivity contribution in [2.45, 2.75) is 116 Å². The second kappa shape index (κ2) is 19.8. The van der Waals surface area contributed by atoms with Crippen LogP contribution in [-0.4, -0.2) is 106 Å². The number of pyridine rings is 1. The van der Waals surface area contributed by atoms with Gasteiger partial charge in [0.05, 0.1) is 34.8 Å². The van der Waals surface area contributed by atoms with E-state index in [1.165, 1.54) is 21.2 Å². The number of hydrogen-bond donors (Lipinski definition) is 2. The predicted molar refractivity (Wildman–Crippen MR) is 254 cm³/mol. The fourth-order valence-corrected chi connectivity index (χ4v) is 10.8. The summed E-state index contributed by atoms with van der Waals surface area (Å²) in [6, 6.07) is 17.5. The standard InChI is InChI=1S/C51H63N7O7S/c1-9-57-41-20-19-33-25-36(41)37(45(57)35-17-13-22-52-43(35)31(4)63-8)27-51(5,6)29-65-50(62)38-18-14-23-58(55-38)48(60)39(26-42-53-40(33)28-66-42)54-47(59)44(30(2)3)56(7)49(61)46-34(21-24-64-46)32-15-11-10-12-16-32/h10-13,15-17,19-20,22,25,28,30-31,34,38-39,44,46,55H,9,14,18,21,23-24,26-27,29H2,1-8H3,(H,54,59)/t31-,34-,38-,39-,44-,46-/m0/s1. The van der Waals surface area contributed by atoms with Crippen LogP contribution in [0.25, 0.3) is 33.4 Å². The average Bonchev–Trinajstić information content (AvgIpc) is 4.08. The summed E-state index contributed by atoms with van der Waals surface area (Å²) >= 11 is 1.42. The molecule has 0 unspecified atom stereocenters. The van der Waals surface area contributed by atoms with Crippen molar-refractivity contribution < 1.29 is 33.4 Å². The Bertz CT molecular complexity index is 2570. The Hall–Kier alpha value is -5.48. The van der Waals surface area contributed by atoms with E-state index >= 15 is 0 Å². The monoisotopic (exact) mass is 917 g/mol. The molecule has 15 heteroatoms. The van der Waals surface area contributed by atoms with E-state index in [1.807, 2.05) is 62.5 Å². The molecule has 350 valence electrons. The Morgan fingerprint density at radius 1 is 1.08 bits per heavy atom. The van der Waals surface area contributed by atoms with Gasteiger partial charge in [0.25, 0.3) is 11.8 Å². The minimum absolute atomic E-state index is 0.0896. The van der Waals surface area contributed by atoms with E-state index in [2.05, 4.69) is 60.3 Å². The van der Waals surface area contributed by atoms with Gasteiger partial charge in [-0.05, 0) is 80.8 Å². The van der Waals surface area contributed by atoms with Gasteiger partial charge in [0, 0.05) is 85.2 Å². The Morgan fingerprint density at radius 2 is 1.86 bits per heavy atom. The van der Waals surface area contributed by atoms with Crippen molar-refractivity contribution in [3.8, 4) is 22.5 Å². The molecule has 14 nitrogen and oxygen atoms in total. The first-order valence-corrected chi connectivity index (χ1v) is 24.1. The zero-order valence-corrected chi connectivity index (χ0v) is 40.2. The molecule has 0 radical (unpaired) electrons. The van der Waals surface area contributed by atoms with Crippen molar-refractivity contribution in [1.29, 1.82) is 0 Å². The molecule has 3 aliphatic heterocycles. The molecule has 6 heterocycles. The Labute approximate surface area is 391 Å². The number of aromatic nitrogens is 3. The molecule has 5 aromatic rings. The molecule has 0 saturated carbocycles. The third-order valence-electron chi connectivity index (χ3n) is 13.4. The topological polar surface area (TPSA) is 157 Å². The van der Waals surface area contributed by atoms with Crippen LogP contribution in [0.1, 0.15) is 94.7 Å². The van der Waals surface area contributed by atoms with Gasteiger partial charge >= 0.3 is 5.97 Å². The van der Waals surface area contributed by atoms with Crippen LogP contribution in [-0.2, 0) is 52.8 Å². The molecule has 0 spiro atoms. The molecular formula is C51H63N7O7S. The van der Waals surface area contributed by atoms with Gasteiger partial charge in [-0.15, -0.1) is 11.3 Å². The van der Waals surface area contributed by atoms with Crippen LogP contribution in [0.2, 0.25) is 0 Å². The maximum absolute atomic E-state index is 14.7. The van der Waals surface area contributed by atoms with Crippen molar-refractivity contribution in [2.75, 3.05) is 33.9 Å². The number of likely N-dealkylation sites (N-methyl/N-ethyl adjacent to an activating group) is 1. The number of carbonyl (C=O) groups is 4. The first-order valence-electron chi connectivity index (χ1n) is 23.2. The smallest absolute Gasteiger partial charge is 0.324 e. The number of rotatable bonds is 10. The molecule has 66 heavy (non-hydrogen) atoms. The number of carbonyl (C=O) groups excluding carboxylic acids is 4. The summed E-state index contributed by atoms with van der Waals surface area (Å²) in [4.78, 5) is 68.8. The molecular weight excluding hydrogens is 855 g/mol. The van der Waals surface area contributed by atoms with E-state index in [-0.39, 0.29) is 36.9 Å². The van der Waals surface area contributed by atoms with Crippen LogP contribution in [0.15, 0.2) is 72.2 Å². The molecule has 8 rings (SSSR count). The van der Waals surface area contributed by atoms with Crippen LogP contribution in [0.4, 0.5) is 0 Å². The number of hydrogen-bond acceptors (Lipinski definition) is 11. The van der Waals surface area contributed by atoms with Gasteiger partial charge in [0.1, 0.15) is 24.2 Å². The van der Waals surface area contributed by atoms with E-state index in [1.54, 1.807) is 20.4 Å². The van der Waals surface area contributed by atoms with Crippen LogP contribution in [0.3, 0.4) is 0 Å². The molecule has 3 amide bonds. The number of amides is 3. The average molecular weight is 918 g/mol. The van der Waals surface area contributed by atoms with E-state index in [0.717, 1.165) is 50.2 Å². The van der Waals surface area contributed by atoms with E-state index in [4.69, 9.17) is 24.2 Å². The molecule has 2 aromatic carbocycles. The highest BCUT2D eigenvalue weighted by molar-refractivity contribution is 7.10. The third-order valence-corrected chi connectivity index (χ3v) is 14.3. The summed E-state index contributed by atoms with van der Waals surface area (Å²) in [6.07, 6.45) is 3.19. The Kier molecular flexibility index (Phi) is 14.1. The van der Waals surface area contributed by atoms with Crippen molar-refractivity contribution in [2.24, 2.45) is 11.3 Å². The van der Waals surface area contributed by atoms with Gasteiger partial charge in [-0.3, -0.25) is 29.2 Å². The number of hydrazine groups is 1. The number of nitrogens with zero attached hydrogens (tertiary/aromatic N) is 5. The van der Waals surface area contributed by atoms with E-state index in [9.17, 15) is 19.2 Å². The van der Waals surface area contributed by atoms with Crippen LogP contribution in [0.5, 0.6) is 0 Å². The summed E-state index contributed by atoms with van der Waals surface area (Å²) in [5, 5.41) is 8.19. The zero-order chi connectivity index (χ0) is 46.9. The number of thiazole rings is 1. The Balaban J connectivity index is 1.16. The summed E-state index contributed by atoms with van der Waals surface area (Å²) in [5.74, 6) is -2.05. The molecule has 2 N–H and O–H groups in total. The maximum Gasteiger partial charge on any atom is 0.324 e. The molecule has 6 bridgehead atoms. The zero-order valence-electron chi connectivity index (χ0n) is 39.3. The molecule has 2 saturated heterocycles. The van der Waals surface area contributed by atoms with Crippen LogP contribution in [0, 0.1) is 11.3 Å². The number of cyclic esters (lactones) is 1.